The average molecular weight is 396 g/mol. The lowest BCUT2D eigenvalue weighted by Gasteiger charge is -2.16. The molecule has 1 aliphatic rings. The summed E-state index contributed by atoms with van der Waals surface area (Å²) < 4.78 is 0. The van der Waals surface area contributed by atoms with Gasteiger partial charge in [-0.1, -0.05) is 48.5 Å². The summed E-state index contributed by atoms with van der Waals surface area (Å²) in [7, 11) is 0. The first kappa shape index (κ1) is 17.5. The fourth-order valence-electron chi connectivity index (χ4n) is 2.89. The summed E-state index contributed by atoms with van der Waals surface area (Å²) >= 11 is 7.22. The molecule has 0 atom stereocenters. The lowest BCUT2D eigenvalue weighted by Crippen LogP contribution is -2.32. The minimum atomic E-state index is -0.325. The van der Waals surface area contributed by atoms with Crippen LogP contribution in [-0.4, -0.2) is 28.2 Å². The Bertz CT molecular complexity index is 1020. The van der Waals surface area contributed by atoms with Gasteiger partial charge in [0.05, 0.1) is 5.69 Å². The molecule has 2 amide bonds. The molecule has 0 saturated heterocycles. The van der Waals surface area contributed by atoms with E-state index >= 15 is 0 Å². The van der Waals surface area contributed by atoms with Crippen LogP contribution < -0.4 is 5.32 Å². The van der Waals surface area contributed by atoms with Crippen LogP contribution in [0.25, 0.3) is 17.0 Å². The van der Waals surface area contributed by atoms with Crippen molar-refractivity contribution in [3.05, 3.63) is 76.6 Å². The van der Waals surface area contributed by atoms with E-state index in [-0.39, 0.29) is 18.4 Å². The maximum Gasteiger partial charge on any atom is 0.259 e. The van der Waals surface area contributed by atoms with Crippen LogP contribution in [0.3, 0.4) is 0 Å². The van der Waals surface area contributed by atoms with Gasteiger partial charge in [-0.25, -0.2) is 4.98 Å². The van der Waals surface area contributed by atoms with E-state index in [4.69, 9.17) is 11.6 Å². The first-order valence-electron chi connectivity index (χ1n) is 8.14. The number of carbonyl (C=O) groups is 2. The normalized spacial score (nSPS) is 13.0. The number of nitrogens with one attached hydrogen (secondary N) is 1. The van der Waals surface area contributed by atoms with E-state index in [2.05, 4.69) is 16.9 Å². The van der Waals surface area contributed by atoms with Gasteiger partial charge < -0.3 is 5.32 Å². The smallest absolute Gasteiger partial charge is 0.259 e. The van der Waals surface area contributed by atoms with E-state index in [1.54, 1.807) is 24.3 Å². The Morgan fingerprint density at radius 2 is 1.85 bits per heavy atom. The van der Waals surface area contributed by atoms with Crippen molar-refractivity contribution in [3.8, 4) is 11.3 Å². The molecule has 5 nitrogen and oxygen atoms in total. The summed E-state index contributed by atoms with van der Waals surface area (Å²) in [5.74, 6) is -0.541. The fourth-order valence-corrected chi connectivity index (χ4v) is 3.75. The maximum absolute atomic E-state index is 12.5. The zero-order valence-corrected chi connectivity index (χ0v) is 15.7. The predicted molar refractivity (Wildman–Crippen MR) is 108 cm³/mol. The Kier molecular flexibility index (Phi) is 4.51. The van der Waals surface area contributed by atoms with Crippen LogP contribution in [0.4, 0.5) is 5.13 Å². The Labute approximate surface area is 164 Å². The molecule has 0 fully saturated rings. The molecule has 0 unspecified atom stereocenters. The molecule has 7 heteroatoms. The molecular weight excluding hydrogens is 382 g/mol. The molecule has 0 spiro atoms. The number of aromatic nitrogens is 1. The minimum Gasteiger partial charge on any atom is -0.300 e. The van der Waals surface area contributed by atoms with Gasteiger partial charge in [0.2, 0.25) is 5.91 Å². The third-order valence-electron chi connectivity index (χ3n) is 4.23. The Hall–Kier alpha value is -2.96. The topological polar surface area (TPSA) is 62.3 Å². The number of fused-ring (bicyclic) bond motifs is 1. The van der Waals surface area contributed by atoms with Crippen LogP contribution in [-0.2, 0) is 4.79 Å². The van der Waals surface area contributed by atoms with Gasteiger partial charge in [0, 0.05) is 32.8 Å². The van der Waals surface area contributed by atoms with Gasteiger partial charge in [-0.3, -0.25) is 14.5 Å². The second-order valence-electron chi connectivity index (χ2n) is 5.98. The van der Waals surface area contributed by atoms with Crippen LogP contribution in [0, 0.1) is 0 Å². The van der Waals surface area contributed by atoms with Crippen LogP contribution in [0.5, 0.6) is 0 Å². The number of hydrogen-bond acceptors (Lipinski definition) is 4. The highest BCUT2D eigenvalue weighted by atomic mass is 35.5. The van der Waals surface area contributed by atoms with Gasteiger partial charge in [0.15, 0.2) is 5.13 Å². The average Bonchev–Trinajstić information content (AvgIpc) is 3.22. The number of rotatable bonds is 4. The first-order valence-corrected chi connectivity index (χ1v) is 9.40. The Morgan fingerprint density at radius 3 is 2.56 bits per heavy atom. The third-order valence-corrected chi connectivity index (χ3v) is 5.24. The summed E-state index contributed by atoms with van der Waals surface area (Å²) in [6.45, 7) is 3.83. The first-order chi connectivity index (χ1) is 13.0. The van der Waals surface area contributed by atoms with Crippen molar-refractivity contribution in [3.63, 3.8) is 0 Å². The predicted octanol–water partition coefficient (Wildman–Crippen LogP) is 4.53. The number of halogens is 1. The number of hydrogen-bond donors (Lipinski definition) is 1. The van der Waals surface area contributed by atoms with E-state index < -0.39 is 0 Å². The number of nitrogens with zero attached hydrogens (tertiary/aromatic N) is 2. The molecule has 134 valence electrons. The summed E-state index contributed by atoms with van der Waals surface area (Å²) in [4.78, 5) is 30.7. The van der Waals surface area contributed by atoms with Crippen LogP contribution in [0.1, 0.15) is 15.9 Å². The number of anilines is 1. The summed E-state index contributed by atoms with van der Waals surface area (Å²) in [6.07, 6.45) is 0. The van der Waals surface area contributed by atoms with Crippen LogP contribution in [0.2, 0.25) is 5.02 Å². The lowest BCUT2D eigenvalue weighted by molar-refractivity contribution is -0.116. The lowest BCUT2D eigenvalue weighted by atomic mass is 10.1. The van der Waals surface area contributed by atoms with Gasteiger partial charge in [0.25, 0.3) is 5.91 Å². The van der Waals surface area contributed by atoms with Gasteiger partial charge >= 0.3 is 0 Å². The summed E-state index contributed by atoms with van der Waals surface area (Å²) in [5.41, 5.74) is 3.52. The van der Waals surface area contributed by atoms with Crippen LogP contribution in [0.15, 0.2) is 60.5 Å². The quantitative estimate of drug-likeness (QED) is 0.706. The highest BCUT2D eigenvalue weighted by Gasteiger charge is 2.31. The molecule has 1 aromatic heterocycles. The number of benzene rings is 2. The van der Waals surface area contributed by atoms with Gasteiger partial charge in [-0.2, -0.15) is 0 Å². The Morgan fingerprint density at radius 1 is 1.15 bits per heavy atom. The largest absolute Gasteiger partial charge is 0.300 e. The molecule has 2 aromatic carbocycles. The van der Waals surface area contributed by atoms with E-state index in [1.807, 2.05) is 29.6 Å². The molecule has 0 bridgehead atoms. The number of thiazole rings is 1. The van der Waals surface area contributed by atoms with Gasteiger partial charge in [-0.15, -0.1) is 11.3 Å². The third kappa shape index (κ3) is 3.37. The van der Waals surface area contributed by atoms with Gasteiger partial charge in [-0.05, 0) is 18.2 Å². The van der Waals surface area contributed by atoms with Crippen molar-refractivity contribution in [2.45, 2.75) is 0 Å². The fraction of sp³-hybridized carbons (Fsp3) is 0.0500. The zero-order chi connectivity index (χ0) is 19.0. The SMILES string of the molecule is C=C1c2ccccc2C(=O)N1CC(=O)Nc1nc(-c2ccc(Cl)cc2)cs1. The second kappa shape index (κ2) is 6.98. The molecule has 27 heavy (non-hydrogen) atoms. The molecule has 2 heterocycles. The summed E-state index contributed by atoms with van der Waals surface area (Å²) in [5, 5.41) is 5.73. The van der Waals surface area contributed by atoms with Crippen molar-refractivity contribution in [2.24, 2.45) is 0 Å². The van der Waals surface area contributed by atoms with Crippen molar-refractivity contribution >= 4 is 45.6 Å². The minimum absolute atomic E-state index is 0.109. The molecule has 3 aromatic rings. The molecule has 4 rings (SSSR count). The van der Waals surface area contributed by atoms with Crippen molar-refractivity contribution in [2.75, 3.05) is 11.9 Å². The van der Waals surface area contributed by atoms with Crippen LogP contribution >= 0.6 is 22.9 Å². The zero-order valence-electron chi connectivity index (χ0n) is 14.1. The highest BCUT2D eigenvalue weighted by molar-refractivity contribution is 7.14. The molecule has 0 radical (unpaired) electrons. The monoisotopic (exact) mass is 395 g/mol. The van der Waals surface area contributed by atoms with Crippen molar-refractivity contribution in [1.82, 2.24) is 9.88 Å². The standard InChI is InChI=1S/C20H14ClN3O2S/c1-12-15-4-2-3-5-16(15)19(26)24(12)10-18(25)23-20-22-17(11-27-20)13-6-8-14(21)9-7-13/h2-9,11H,1,10H2,(H,22,23,25). The Balaban J connectivity index is 1.44. The highest BCUT2D eigenvalue weighted by Crippen LogP contribution is 2.31. The van der Waals surface area contributed by atoms with E-state index in [1.165, 1.54) is 16.2 Å². The molecule has 0 saturated carbocycles. The molecule has 1 N–H and O–H groups in total. The van der Waals surface area contributed by atoms with Gasteiger partial charge in [0.1, 0.15) is 6.54 Å². The van der Waals surface area contributed by atoms with Crippen molar-refractivity contribution in [1.29, 1.82) is 0 Å². The van der Waals surface area contributed by atoms with E-state index in [9.17, 15) is 9.59 Å². The maximum atomic E-state index is 12.5. The molecular formula is C20H14ClN3O2S. The molecule has 1 aliphatic heterocycles. The number of amides is 2. The summed E-state index contributed by atoms with van der Waals surface area (Å²) in [6, 6.07) is 14.5. The second-order valence-corrected chi connectivity index (χ2v) is 7.27. The number of carbonyl (C=O) groups excluding carboxylic acids is 2. The van der Waals surface area contributed by atoms with Crippen molar-refractivity contribution < 1.29 is 9.59 Å². The molecule has 0 aliphatic carbocycles. The van der Waals surface area contributed by atoms with E-state index in [0.29, 0.717) is 21.4 Å². The van der Waals surface area contributed by atoms with E-state index in [0.717, 1.165) is 16.8 Å².